The summed E-state index contributed by atoms with van der Waals surface area (Å²) in [6, 6.07) is 0. The van der Waals surface area contributed by atoms with Crippen LogP contribution in [0.4, 0.5) is 0 Å². The Labute approximate surface area is 111 Å². The second kappa shape index (κ2) is 9.06. The van der Waals surface area contributed by atoms with Gasteiger partial charge in [-0.3, -0.25) is 0 Å². The average molecular weight is 241 g/mol. The van der Waals surface area contributed by atoms with Gasteiger partial charge >= 0.3 is 0 Å². The highest BCUT2D eigenvalue weighted by molar-refractivity contribution is 5.33. The zero-order chi connectivity index (χ0) is 14.0. The van der Waals surface area contributed by atoms with Crippen LogP contribution in [0.3, 0.4) is 0 Å². The van der Waals surface area contributed by atoms with Gasteiger partial charge in [0.25, 0.3) is 0 Å². The molecule has 0 fully saturated rings. The standard InChI is InChI=1S/C17H23N/c1-7-15(5)13-16(6)18-12-11-17(8-2)10-9-14(3)4/h7-11,13,18H,1-3,5,12H2,4,6H3/b10-9-,16-13+,17-11-. The highest BCUT2D eigenvalue weighted by Gasteiger charge is 1.89. The molecule has 0 radical (unpaired) electrons. The van der Waals surface area contributed by atoms with Gasteiger partial charge < -0.3 is 5.32 Å². The van der Waals surface area contributed by atoms with Crippen LogP contribution in [0.2, 0.25) is 0 Å². The molecule has 0 amide bonds. The van der Waals surface area contributed by atoms with Gasteiger partial charge in [0.2, 0.25) is 0 Å². The smallest absolute Gasteiger partial charge is 0.0336 e. The molecule has 0 aliphatic carbocycles. The Morgan fingerprint density at radius 3 is 2.22 bits per heavy atom. The number of hydrogen-bond acceptors (Lipinski definition) is 1. The highest BCUT2D eigenvalue weighted by atomic mass is 14.9. The van der Waals surface area contributed by atoms with Gasteiger partial charge in [-0.25, -0.2) is 0 Å². The summed E-state index contributed by atoms with van der Waals surface area (Å²) >= 11 is 0. The van der Waals surface area contributed by atoms with Crippen molar-refractivity contribution in [2.24, 2.45) is 0 Å². The van der Waals surface area contributed by atoms with Gasteiger partial charge in [-0.05, 0) is 31.1 Å². The third kappa shape index (κ3) is 8.17. The summed E-state index contributed by atoms with van der Waals surface area (Å²) in [6.45, 7) is 19.8. The fourth-order valence-corrected chi connectivity index (χ4v) is 1.18. The minimum absolute atomic E-state index is 0.745. The molecule has 18 heavy (non-hydrogen) atoms. The van der Waals surface area contributed by atoms with E-state index in [9.17, 15) is 0 Å². The zero-order valence-corrected chi connectivity index (χ0v) is 11.5. The van der Waals surface area contributed by atoms with Crippen LogP contribution in [-0.4, -0.2) is 6.54 Å². The quantitative estimate of drug-likeness (QED) is 0.618. The minimum Gasteiger partial charge on any atom is -0.385 e. The molecule has 0 aliphatic rings. The van der Waals surface area contributed by atoms with Crippen LogP contribution in [0.1, 0.15) is 13.8 Å². The molecular formula is C17H23N. The number of rotatable bonds is 8. The van der Waals surface area contributed by atoms with Crippen molar-refractivity contribution in [2.75, 3.05) is 6.54 Å². The van der Waals surface area contributed by atoms with E-state index in [1.807, 2.05) is 38.2 Å². The Kier molecular flexibility index (Phi) is 8.04. The lowest BCUT2D eigenvalue weighted by Crippen LogP contribution is -2.10. The number of hydrogen-bond donors (Lipinski definition) is 1. The Balaban J connectivity index is 4.40. The Morgan fingerprint density at radius 1 is 1.06 bits per heavy atom. The average Bonchev–Trinajstić information content (AvgIpc) is 2.32. The second-order valence-electron chi connectivity index (χ2n) is 4.08. The molecule has 0 spiro atoms. The summed E-state index contributed by atoms with van der Waals surface area (Å²) in [5.74, 6) is 0. The normalized spacial score (nSPS) is 12.3. The van der Waals surface area contributed by atoms with Crippen molar-refractivity contribution in [3.05, 3.63) is 85.2 Å². The van der Waals surface area contributed by atoms with Crippen molar-refractivity contribution < 1.29 is 0 Å². The van der Waals surface area contributed by atoms with Gasteiger partial charge in [0.1, 0.15) is 0 Å². The van der Waals surface area contributed by atoms with E-state index >= 15 is 0 Å². The predicted molar refractivity (Wildman–Crippen MR) is 83.3 cm³/mol. The topological polar surface area (TPSA) is 12.0 Å². The molecule has 0 aromatic heterocycles. The molecule has 0 aromatic rings. The van der Waals surface area contributed by atoms with Crippen molar-refractivity contribution in [1.82, 2.24) is 5.32 Å². The van der Waals surface area contributed by atoms with Gasteiger partial charge in [-0.1, -0.05) is 62.3 Å². The minimum atomic E-state index is 0.745. The van der Waals surface area contributed by atoms with Crippen LogP contribution in [0.25, 0.3) is 0 Å². The van der Waals surface area contributed by atoms with Crippen molar-refractivity contribution in [2.45, 2.75) is 13.8 Å². The molecule has 0 aliphatic heterocycles. The zero-order valence-electron chi connectivity index (χ0n) is 11.5. The summed E-state index contributed by atoms with van der Waals surface area (Å²) in [5, 5.41) is 3.27. The lowest BCUT2D eigenvalue weighted by atomic mass is 10.2. The van der Waals surface area contributed by atoms with E-state index in [1.54, 1.807) is 6.08 Å². The first-order valence-corrected chi connectivity index (χ1v) is 5.89. The van der Waals surface area contributed by atoms with Gasteiger partial charge in [-0.15, -0.1) is 0 Å². The molecule has 0 saturated carbocycles. The van der Waals surface area contributed by atoms with Crippen LogP contribution in [-0.2, 0) is 0 Å². The summed E-state index contributed by atoms with van der Waals surface area (Å²) < 4.78 is 0. The van der Waals surface area contributed by atoms with Gasteiger partial charge in [-0.2, -0.15) is 0 Å². The largest absolute Gasteiger partial charge is 0.385 e. The summed E-state index contributed by atoms with van der Waals surface area (Å²) in [4.78, 5) is 0. The van der Waals surface area contributed by atoms with Gasteiger partial charge in [0.05, 0.1) is 0 Å². The molecule has 0 bridgehead atoms. The van der Waals surface area contributed by atoms with Crippen LogP contribution in [0, 0.1) is 0 Å². The fraction of sp³-hybridized carbons (Fsp3) is 0.176. The predicted octanol–water partition coefficient (Wildman–Crippen LogP) is 4.47. The fourth-order valence-electron chi connectivity index (χ4n) is 1.18. The first-order chi connectivity index (χ1) is 8.49. The maximum Gasteiger partial charge on any atom is 0.0336 e. The van der Waals surface area contributed by atoms with E-state index in [4.69, 9.17) is 0 Å². The van der Waals surface area contributed by atoms with Crippen molar-refractivity contribution in [3.8, 4) is 0 Å². The van der Waals surface area contributed by atoms with E-state index in [-0.39, 0.29) is 0 Å². The SMILES string of the molecule is C=CC(=C)/C=C(\C)NC/C=C(C=C)\C=C/C(=C)C. The third-order valence-corrected chi connectivity index (χ3v) is 2.18. The summed E-state index contributed by atoms with van der Waals surface area (Å²) in [5.41, 5.74) is 4.05. The monoisotopic (exact) mass is 241 g/mol. The summed E-state index contributed by atoms with van der Waals surface area (Å²) in [7, 11) is 0. The van der Waals surface area contributed by atoms with Gasteiger partial charge in [0, 0.05) is 12.2 Å². The van der Waals surface area contributed by atoms with E-state index in [1.165, 1.54) is 0 Å². The molecule has 1 nitrogen and oxygen atoms in total. The van der Waals surface area contributed by atoms with Crippen LogP contribution >= 0.6 is 0 Å². The maximum atomic E-state index is 3.83. The molecule has 0 atom stereocenters. The molecule has 1 heteroatoms. The third-order valence-electron chi connectivity index (χ3n) is 2.18. The lowest BCUT2D eigenvalue weighted by molar-refractivity contribution is 0.901. The summed E-state index contributed by atoms with van der Waals surface area (Å²) in [6.07, 6.45) is 11.5. The van der Waals surface area contributed by atoms with Crippen LogP contribution < -0.4 is 5.32 Å². The Hall–Kier alpha value is -2.02. The molecular weight excluding hydrogens is 218 g/mol. The maximum absolute atomic E-state index is 3.83. The molecule has 1 N–H and O–H groups in total. The molecule has 0 heterocycles. The van der Waals surface area contributed by atoms with E-state index in [2.05, 4.69) is 37.7 Å². The number of allylic oxidation sites excluding steroid dienone is 9. The van der Waals surface area contributed by atoms with E-state index in [0.717, 1.165) is 29.0 Å². The first kappa shape index (κ1) is 16.0. The molecule has 0 aromatic carbocycles. The lowest BCUT2D eigenvalue weighted by Gasteiger charge is -2.04. The van der Waals surface area contributed by atoms with Crippen LogP contribution in [0.5, 0.6) is 0 Å². The van der Waals surface area contributed by atoms with Gasteiger partial charge in [0.15, 0.2) is 0 Å². The molecule has 0 unspecified atom stereocenters. The van der Waals surface area contributed by atoms with Crippen LogP contribution in [0.15, 0.2) is 85.2 Å². The first-order valence-electron chi connectivity index (χ1n) is 5.89. The van der Waals surface area contributed by atoms with Crippen molar-refractivity contribution in [1.29, 1.82) is 0 Å². The molecule has 0 saturated heterocycles. The molecule has 0 rings (SSSR count). The highest BCUT2D eigenvalue weighted by Crippen LogP contribution is 2.02. The van der Waals surface area contributed by atoms with E-state index < -0.39 is 0 Å². The van der Waals surface area contributed by atoms with Crippen molar-refractivity contribution in [3.63, 3.8) is 0 Å². The Morgan fingerprint density at radius 2 is 1.72 bits per heavy atom. The Bertz CT molecular complexity index is 417. The second-order valence-corrected chi connectivity index (χ2v) is 4.08. The number of nitrogens with one attached hydrogen (secondary N) is 1. The molecule has 96 valence electrons. The van der Waals surface area contributed by atoms with E-state index in [0.29, 0.717) is 0 Å². The van der Waals surface area contributed by atoms with Crippen molar-refractivity contribution >= 4 is 0 Å².